The fourth-order valence-corrected chi connectivity index (χ4v) is 1.06. The predicted octanol–water partition coefficient (Wildman–Crippen LogP) is 1.44. The van der Waals surface area contributed by atoms with E-state index in [-0.39, 0.29) is 11.6 Å². The van der Waals surface area contributed by atoms with Gasteiger partial charge in [-0.15, -0.1) is 4.91 Å². The standard InChI is InChI=1S/C7H5N3O2/c11-5-1-2-6(9-12)10-4-3-8-7(5)10/h1-4,11H. The van der Waals surface area contributed by atoms with Gasteiger partial charge in [-0.1, -0.05) is 0 Å². The Kier molecular flexibility index (Phi) is 1.30. The lowest BCUT2D eigenvalue weighted by Crippen LogP contribution is -1.83. The Morgan fingerprint density at radius 1 is 1.50 bits per heavy atom. The summed E-state index contributed by atoms with van der Waals surface area (Å²) in [7, 11) is 0. The van der Waals surface area contributed by atoms with E-state index in [0.717, 1.165) is 0 Å². The van der Waals surface area contributed by atoms with E-state index < -0.39 is 0 Å². The molecule has 0 saturated heterocycles. The largest absolute Gasteiger partial charge is 0.504 e. The highest BCUT2D eigenvalue weighted by molar-refractivity contribution is 5.57. The molecule has 2 rings (SSSR count). The van der Waals surface area contributed by atoms with Gasteiger partial charge in [-0.25, -0.2) is 4.98 Å². The number of rotatable bonds is 1. The van der Waals surface area contributed by atoms with E-state index in [9.17, 15) is 10.0 Å². The van der Waals surface area contributed by atoms with Crippen LogP contribution in [0.25, 0.3) is 5.65 Å². The summed E-state index contributed by atoms with van der Waals surface area (Å²) < 4.78 is 1.42. The minimum atomic E-state index is 0.0346. The first-order chi connectivity index (χ1) is 5.83. The molecule has 2 aromatic rings. The third-order valence-corrected chi connectivity index (χ3v) is 1.60. The highest BCUT2D eigenvalue weighted by Crippen LogP contribution is 2.22. The third-order valence-electron chi connectivity index (χ3n) is 1.60. The number of aromatic hydroxyl groups is 1. The van der Waals surface area contributed by atoms with Gasteiger partial charge in [0.05, 0.1) is 0 Å². The van der Waals surface area contributed by atoms with E-state index >= 15 is 0 Å². The second-order valence-corrected chi connectivity index (χ2v) is 2.29. The van der Waals surface area contributed by atoms with Crippen LogP contribution in [0, 0.1) is 4.91 Å². The molecule has 0 atom stereocenters. The van der Waals surface area contributed by atoms with Crippen LogP contribution < -0.4 is 0 Å². The molecule has 5 heteroatoms. The van der Waals surface area contributed by atoms with Crippen LogP contribution >= 0.6 is 0 Å². The number of nitroso groups, excluding NO2 is 1. The maximum absolute atomic E-state index is 10.2. The minimum Gasteiger partial charge on any atom is -0.504 e. The van der Waals surface area contributed by atoms with Crippen molar-refractivity contribution in [1.29, 1.82) is 0 Å². The second-order valence-electron chi connectivity index (χ2n) is 2.29. The normalized spacial score (nSPS) is 10.3. The number of aromatic nitrogens is 2. The van der Waals surface area contributed by atoms with Crippen molar-refractivity contribution in [2.45, 2.75) is 0 Å². The number of pyridine rings is 1. The SMILES string of the molecule is O=Nc1ccc(O)c2nccn12. The summed E-state index contributed by atoms with van der Waals surface area (Å²) in [5.74, 6) is 0.257. The van der Waals surface area contributed by atoms with Crippen molar-refractivity contribution in [3.05, 3.63) is 29.4 Å². The average molecular weight is 163 g/mol. The van der Waals surface area contributed by atoms with E-state index in [1.807, 2.05) is 0 Å². The Morgan fingerprint density at radius 3 is 3.08 bits per heavy atom. The lowest BCUT2D eigenvalue weighted by atomic mass is 10.4. The first kappa shape index (κ1) is 6.78. The van der Waals surface area contributed by atoms with Crippen LogP contribution in [0.2, 0.25) is 0 Å². The van der Waals surface area contributed by atoms with Gasteiger partial charge < -0.3 is 5.11 Å². The number of fused-ring (bicyclic) bond motifs is 1. The summed E-state index contributed by atoms with van der Waals surface area (Å²) in [5.41, 5.74) is 0.340. The van der Waals surface area contributed by atoms with Gasteiger partial charge in [0.15, 0.2) is 17.2 Å². The first-order valence-corrected chi connectivity index (χ1v) is 3.31. The van der Waals surface area contributed by atoms with Gasteiger partial charge in [-0.2, -0.15) is 0 Å². The summed E-state index contributed by atoms with van der Waals surface area (Å²) in [4.78, 5) is 14.1. The Hall–Kier alpha value is -1.91. The topological polar surface area (TPSA) is 67.0 Å². The predicted molar refractivity (Wildman–Crippen MR) is 42.3 cm³/mol. The molecule has 2 heterocycles. The molecule has 12 heavy (non-hydrogen) atoms. The molecule has 1 N–H and O–H groups in total. The molecule has 0 aromatic carbocycles. The van der Waals surface area contributed by atoms with E-state index in [4.69, 9.17) is 0 Å². The van der Waals surface area contributed by atoms with Crippen LogP contribution in [0.15, 0.2) is 29.7 Å². The number of imidazole rings is 1. The maximum Gasteiger partial charge on any atom is 0.183 e. The van der Waals surface area contributed by atoms with E-state index in [1.165, 1.54) is 22.7 Å². The lowest BCUT2D eigenvalue weighted by Gasteiger charge is -1.97. The number of hydrogen-bond donors (Lipinski definition) is 1. The molecule has 0 aliphatic carbocycles. The summed E-state index contributed by atoms with van der Waals surface area (Å²) in [6.45, 7) is 0. The van der Waals surface area contributed by atoms with Gasteiger partial charge >= 0.3 is 0 Å². The zero-order valence-electron chi connectivity index (χ0n) is 6.01. The minimum absolute atomic E-state index is 0.0346. The molecule has 0 aliphatic heterocycles. The first-order valence-electron chi connectivity index (χ1n) is 3.31. The summed E-state index contributed by atoms with van der Waals surface area (Å²) >= 11 is 0. The van der Waals surface area contributed by atoms with Crippen molar-refractivity contribution in [3.63, 3.8) is 0 Å². The molecule has 0 fully saturated rings. The van der Waals surface area contributed by atoms with Gasteiger partial charge in [0.2, 0.25) is 0 Å². The zero-order valence-corrected chi connectivity index (χ0v) is 6.01. The monoisotopic (exact) mass is 163 g/mol. The molecule has 0 aliphatic rings. The van der Waals surface area contributed by atoms with E-state index in [0.29, 0.717) is 5.65 Å². The van der Waals surface area contributed by atoms with Crippen molar-refractivity contribution in [2.75, 3.05) is 0 Å². The van der Waals surface area contributed by atoms with Crippen LogP contribution in [0.3, 0.4) is 0 Å². The van der Waals surface area contributed by atoms with Crippen molar-refractivity contribution in [3.8, 4) is 5.75 Å². The molecule has 2 aromatic heterocycles. The summed E-state index contributed by atoms with van der Waals surface area (Å²) in [6, 6.07) is 2.82. The fourth-order valence-electron chi connectivity index (χ4n) is 1.06. The molecule has 0 radical (unpaired) electrons. The van der Waals surface area contributed by atoms with Gasteiger partial charge in [-0.05, 0) is 17.3 Å². The van der Waals surface area contributed by atoms with Gasteiger partial charge in [-0.3, -0.25) is 4.40 Å². The Bertz CT molecular complexity index is 435. The molecule has 0 bridgehead atoms. The average Bonchev–Trinajstić information content (AvgIpc) is 2.54. The van der Waals surface area contributed by atoms with Crippen LogP contribution in [0.4, 0.5) is 5.82 Å². The molecule has 5 nitrogen and oxygen atoms in total. The zero-order chi connectivity index (χ0) is 8.55. The van der Waals surface area contributed by atoms with Crippen molar-refractivity contribution >= 4 is 11.5 Å². The molecule has 60 valence electrons. The van der Waals surface area contributed by atoms with Crippen LogP contribution in [0.5, 0.6) is 5.75 Å². The number of nitrogens with zero attached hydrogens (tertiary/aromatic N) is 3. The van der Waals surface area contributed by atoms with Crippen LogP contribution in [-0.2, 0) is 0 Å². The third kappa shape index (κ3) is 0.763. The van der Waals surface area contributed by atoms with Crippen LogP contribution in [-0.4, -0.2) is 14.5 Å². The Labute approximate surface area is 67.3 Å². The maximum atomic E-state index is 10.2. The second kappa shape index (κ2) is 2.30. The molecular formula is C7H5N3O2. The van der Waals surface area contributed by atoms with Crippen LogP contribution in [0.1, 0.15) is 0 Å². The van der Waals surface area contributed by atoms with Crippen molar-refractivity contribution in [2.24, 2.45) is 5.18 Å². The fraction of sp³-hybridized carbons (Fsp3) is 0. The van der Waals surface area contributed by atoms with Gasteiger partial charge in [0.25, 0.3) is 0 Å². The highest BCUT2D eigenvalue weighted by atomic mass is 16.3. The highest BCUT2D eigenvalue weighted by Gasteiger charge is 2.04. The lowest BCUT2D eigenvalue weighted by molar-refractivity contribution is 0.477. The quantitative estimate of drug-likeness (QED) is 0.646. The van der Waals surface area contributed by atoms with E-state index in [2.05, 4.69) is 10.2 Å². The van der Waals surface area contributed by atoms with Crippen molar-refractivity contribution in [1.82, 2.24) is 9.38 Å². The molecule has 0 spiro atoms. The van der Waals surface area contributed by atoms with Gasteiger partial charge in [0, 0.05) is 12.4 Å². The number of hydrogen-bond acceptors (Lipinski definition) is 4. The summed E-state index contributed by atoms with van der Waals surface area (Å²) in [6.07, 6.45) is 3.05. The molecular weight excluding hydrogens is 158 g/mol. The summed E-state index contributed by atoms with van der Waals surface area (Å²) in [5, 5.41) is 12.0. The van der Waals surface area contributed by atoms with E-state index in [1.54, 1.807) is 6.20 Å². The Balaban J connectivity index is 2.91. The van der Waals surface area contributed by atoms with Gasteiger partial charge in [0.1, 0.15) is 0 Å². The molecule has 0 unspecified atom stereocenters. The molecule has 0 amide bonds. The molecule has 0 saturated carbocycles. The van der Waals surface area contributed by atoms with Crippen molar-refractivity contribution < 1.29 is 5.11 Å². The smallest absolute Gasteiger partial charge is 0.183 e. The Morgan fingerprint density at radius 2 is 2.33 bits per heavy atom.